The molecule has 0 bridgehead atoms. The van der Waals surface area contributed by atoms with E-state index in [0.29, 0.717) is 12.4 Å². The summed E-state index contributed by atoms with van der Waals surface area (Å²) in [5.74, 6) is -0.748. The Morgan fingerprint density at radius 3 is 2.83 bits per heavy atom. The van der Waals surface area contributed by atoms with Crippen molar-refractivity contribution in [2.75, 3.05) is 19.0 Å². The number of hydrogen-bond acceptors (Lipinski definition) is 7. The standard InChI is InChI=1S/C11H15N3O4/c1-4-18-10(15)7(2)13-8-5-6-12-9(14-8)11(16)17-3/h5-7H,4H2,1-3H3,(H,12,13,14). The molecule has 0 aliphatic heterocycles. The Hall–Kier alpha value is -2.18. The SMILES string of the molecule is CCOC(=O)C(C)Nc1ccnc(C(=O)OC)n1. The molecule has 0 aliphatic carbocycles. The van der Waals surface area contributed by atoms with Gasteiger partial charge >= 0.3 is 11.9 Å². The van der Waals surface area contributed by atoms with Crippen LogP contribution in [0, 0.1) is 0 Å². The first-order chi connectivity index (χ1) is 8.58. The monoisotopic (exact) mass is 253 g/mol. The Morgan fingerprint density at radius 1 is 1.50 bits per heavy atom. The summed E-state index contributed by atoms with van der Waals surface area (Å²) in [7, 11) is 1.24. The molecule has 1 N–H and O–H groups in total. The molecule has 1 rings (SSSR count). The van der Waals surface area contributed by atoms with Gasteiger partial charge in [0.1, 0.15) is 11.9 Å². The fourth-order valence-electron chi connectivity index (χ4n) is 1.18. The summed E-state index contributed by atoms with van der Waals surface area (Å²) in [4.78, 5) is 30.3. The van der Waals surface area contributed by atoms with Gasteiger partial charge in [-0.1, -0.05) is 0 Å². The van der Waals surface area contributed by atoms with E-state index in [-0.39, 0.29) is 5.82 Å². The normalized spacial score (nSPS) is 11.5. The summed E-state index contributed by atoms with van der Waals surface area (Å²) >= 11 is 0. The molecule has 0 radical (unpaired) electrons. The maximum atomic E-state index is 11.4. The van der Waals surface area contributed by atoms with Gasteiger partial charge in [0.25, 0.3) is 0 Å². The van der Waals surface area contributed by atoms with Crippen LogP contribution in [0.15, 0.2) is 12.3 Å². The maximum Gasteiger partial charge on any atom is 0.376 e. The molecule has 0 aromatic carbocycles. The summed E-state index contributed by atoms with van der Waals surface area (Å²) in [5, 5.41) is 2.81. The van der Waals surface area contributed by atoms with Crippen LogP contribution in [-0.2, 0) is 14.3 Å². The van der Waals surface area contributed by atoms with Crippen molar-refractivity contribution in [3.05, 3.63) is 18.1 Å². The third-order valence-corrected chi connectivity index (χ3v) is 2.03. The lowest BCUT2D eigenvalue weighted by Crippen LogP contribution is -2.28. The summed E-state index contributed by atoms with van der Waals surface area (Å²) < 4.78 is 9.34. The number of rotatable bonds is 5. The summed E-state index contributed by atoms with van der Waals surface area (Å²) in [6.45, 7) is 3.67. The highest BCUT2D eigenvalue weighted by Crippen LogP contribution is 2.05. The van der Waals surface area contributed by atoms with Gasteiger partial charge < -0.3 is 14.8 Å². The van der Waals surface area contributed by atoms with Gasteiger partial charge in [-0.3, -0.25) is 0 Å². The zero-order chi connectivity index (χ0) is 13.5. The number of anilines is 1. The fraction of sp³-hybridized carbons (Fsp3) is 0.455. The Balaban J connectivity index is 2.73. The van der Waals surface area contributed by atoms with Gasteiger partial charge in [-0.05, 0) is 19.9 Å². The van der Waals surface area contributed by atoms with Crippen molar-refractivity contribution in [3.8, 4) is 0 Å². The van der Waals surface area contributed by atoms with Crippen molar-refractivity contribution >= 4 is 17.8 Å². The van der Waals surface area contributed by atoms with Gasteiger partial charge in [-0.15, -0.1) is 0 Å². The van der Waals surface area contributed by atoms with Crippen LogP contribution in [0.3, 0.4) is 0 Å². The zero-order valence-electron chi connectivity index (χ0n) is 10.5. The summed E-state index contributed by atoms with van der Waals surface area (Å²) in [6, 6.07) is 0.979. The number of aromatic nitrogens is 2. The van der Waals surface area contributed by atoms with E-state index in [0.717, 1.165) is 0 Å². The quantitative estimate of drug-likeness (QED) is 0.769. The number of methoxy groups -OCH3 is 1. The van der Waals surface area contributed by atoms with Crippen molar-refractivity contribution in [1.29, 1.82) is 0 Å². The molecule has 0 fully saturated rings. The Morgan fingerprint density at radius 2 is 2.22 bits per heavy atom. The molecular weight excluding hydrogens is 238 g/mol. The number of ether oxygens (including phenoxy) is 2. The van der Waals surface area contributed by atoms with E-state index >= 15 is 0 Å². The number of nitrogens with one attached hydrogen (secondary N) is 1. The second-order valence-electron chi connectivity index (χ2n) is 3.38. The topological polar surface area (TPSA) is 90.4 Å². The van der Waals surface area contributed by atoms with Crippen LogP contribution in [0.1, 0.15) is 24.5 Å². The number of hydrogen-bond donors (Lipinski definition) is 1. The number of esters is 2. The first kappa shape index (κ1) is 13.9. The van der Waals surface area contributed by atoms with Gasteiger partial charge in [-0.25, -0.2) is 19.6 Å². The minimum atomic E-state index is -0.637. The fourth-order valence-corrected chi connectivity index (χ4v) is 1.18. The highest BCUT2D eigenvalue weighted by atomic mass is 16.5. The molecule has 1 aromatic rings. The van der Waals surface area contributed by atoms with Crippen molar-refractivity contribution in [1.82, 2.24) is 9.97 Å². The molecule has 18 heavy (non-hydrogen) atoms. The Kier molecular flexibility index (Phi) is 5.04. The lowest BCUT2D eigenvalue weighted by molar-refractivity contribution is -0.143. The maximum absolute atomic E-state index is 11.4. The smallest absolute Gasteiger partial charge is 0.376 e. The highest BCUT2D eigenvalue weighted by molar-refractivity contribution is 5.85. The second kappa shape index (κ2) is 6.53. The minimum absolute atomic E-state index is 0.0708. The van der Waals surface area contributed by atoms with Crippen molar-refractivity contribution in [2.45, 2.75) is 19.9 Å². The highest BCUT2D eigenvalue weighted by Gasteiger charge is 2.15. The average Bonchev–Trinajstić information content (AvgIpc) is 2.38. The van der Waals surface area contributed by atoms with Crippen molar-refractivity contribution < 1.29 is 19.1 Å². The van der Waals surface area contributed by atoms with E-state index in [1.807, 2.05) is 0 Å². The Labute approximate surface area is 105 Å². The van der Waals surface area contributed by atoms with Crippen LogP contribution >= 0.6 is 0 Å². The molecule has 0 amide bonds. The molecule has 0 spiro atoms. The van der Waals surface area contributed by atoms with E-state index in [2.05, 4.69) is 20.0 Å². The van der Waals surface area contributed by atoms with E-state index in [1.165, 1.54) is 13.3 Å². The third kappa shape index (κ3) is 3.69. The van der Waals surface area contributed by atoms with E-state index in [4.69, 9.17) is 4.74 Å². The van der Waals surface area contributed by atoms with E-state index < -0.39 is 18.0 Å². The number of carbonyl (C=O) groups excluding carboxylic acids is 2. The van der Waals surface area contributed by atoms with Crippen LogP contribution in [0.25, 0.3) is 0 Å². The Bertz CT molecular complexity index is 436. The lowest BCUT2D eigenvalue weighted by atomic mass is 10.3. The van der Waals surface area contributed by atoms with Crippen LogP contribution in [0.2, 0.25) is 0 Å². The lowest BCUT2D eigenvalue weighted by Gasteiger charge is -2.13. The molecule has 1 unspecified atom stereocenters. The molecule has 98 valence electrons. The molecule has 0 saturated carbocycles. The molecule has 1 atom stereocenters. The van der Waals surface area contributed by atoms with Crippen molar-refractivity contribution in [3.63, 3.8) is 0 Å². The van der Waals surface area contributed by atoms with Gasteiger partial charge in [0, 0.05) is 6.20 Å². The van der Waals surface area contributed by atoms with E-state index in [1.54, 1.807) is 19.9 Å². The van der Waals surface area contributed by atoms with Crippen molar-refractivity contribution in [2.24, 2.45) is 0 Å². The minimum Gasteiger partial charge on any atom is -0.464 e. The molecule has 7 nitrogen and oxygen atoms in total. The zero-order valence-corrected chi connectivity index (χ0v) is 10.5. The molecule has 7 heteroatoms. The van der Waals surface area contributed by atoms with Crippen LogP contribution in [-0.4, -0.2) is 41.7 Å². The van der Waals surface area contributed by atoms with E-state index in [9.17, 15) is 9.59 Å². The van der Waals surface area contributed by atoms with Crippen LogP contribution in [0.5, 0.6) is 0 Å². The average molecular weight is 253 g/mol. The predicted octanol–water partition coefficient (Wildman–Crippen LogP) is 0.627. The predicted molar refractivity (Wildman–Crippen MR) is 63.1 cm³/mol. The van der Waals surface area contributed by atoms with Crippen LogP contribution in [0.4, 0.5) is 5.82 Å². The molecular formula is C11H15N3O4. The molecule has 1 aromatic heterocycles. The summed E-state index contributed by atoms with van der Waals surface area (Å²) in [6.07, 6.45) is 1.40. The van der Waals surface area contributed by atoms with Gasteiger partial charge in [-0.2, -0.15) is 0 Å². The molecule has 0 aliphatic rings. The van der Waals surface area contributed by atoms with Gasteiger partial charge in [0.05, 0.1) is 13.7 Å². The third-order valence-electron chi connectivity index (χ3n) is 2.03. The second-order valence-corrected chi connectivity index (χ2v) is 3.38. The van der Waals surface area contributed by atoms with Crippen LogP contribution < -0.4 is 5.32 Å². The van der Waals surface area contributed by atoms with Gasteiger partial charge in [0.15, 0.2) is 0 Å². The number of nitrogens with zero attached hydrogens (tertiary/aromatic N) is 2. The first-order valence-corrected chi connectivity index (χ1v) is 5.43. The molecule has 0 saturated heterocycles. The van der Waals surface area contributed by atoms with Gasteiger partial charge in [0.2, 0.25) is 5.82 Å². The largest absolute Gasteiger partial charge is 0.464 e. The molecule has 1 heterocycles. The first-order valence-electron chi connectivity index (χ1n) is 5.43. The summed E-state index contributed by atoms with van der Waals surface area (Å²) in [5.41, 5.74) is 0. The number of carbonyl (C=O) groups is 2.